The molecule has 0 aliphatic heterocycles. The second-order valence-corrected chi connectivity index (χ2v) is 7.49. The first-order valence-electron chi connectivity index (χ1n) is 8.71. The van der Waals surface area contributed by atoms with Crippen LogP contribution < -0.4 is 5.32 Å². The summed E-state index contributed by atoms with van der Waals surface area (Å²) in [6, 6.07) is 16.3. The van der Waals surface area contributed by atoms with E-state index in [1.54, 1.807) is 0 Å². The Balaban J connectivity index is 1.70. The zero-order chi connectivity index (χ0) is 17.2. The van der Waals surface area contributed by atoms with Gasteiger partial charge in [0.15, 0.2) is 0 Å². The Morgan fingerprint density at radius 2 is 1.96 bits per heavy atom. The Hall–Kier alpha value is -2.14. The normalized spacial score (nSPS) is 14.9. The third kappa shape index (κ3) is 3.47. The summed E-state index contributed by atoms with van der Waals surface area (Å²) in [5.74, 6) is 0.885. The molecule has 1 saturated carbocycles. The number of carbonyl (C=O) groups is 1. The van der Waals surface area contributed by atoms with Crippen molar-refractivity contribution >= 4 is 32.9 Å². The van der Waals surface area contributed by atoms with Crippen LogP contribution in [0.3, 0.4) is 0 Å². The van der Waals surface area contributed by atoms with E-state index in [-0.39, 0.29) is 5.91 Å². The molecule has 0 bridgehead atoms. The Bertz CT molecular complexity index is 912. The Morgan fingerprint density at radius 1 is 1.16 bits per heavy atom. The Kier molecular flexibility index (Phi) is 4.57. The average molecular weight is 398 g/mol. The smallest absolute Gasteiger partial charge is 0.240 e. The summed E-state index contributed by atoms with van der Waals surface area (Å²) in [5, 5.41) is 3.18. The lowest BCUT2D eigenvalue weighted by Gasteiger charge is -2.14. The van der Waals surface area contributed by atoms with Crippen molar-refractivity contribution in [2.45, 2.75) is 38.3 Å². The van der Waals surface area contributed by atoms with Gasteiger partial charge in [0.1, 0.15) is 12.4 Å². The predicted octanol–water partition coefficient (Wildman–Crippen LogP) is 4.52. The quantitative estimate of drug-likeness (QED) is 0.702. The largest absolute Gasteiger partial charge is 0.352 e. The van der Waals surface area contributed by atoms with Crippen LogP contribution in [0.1, 0.15) is 25.7 Å². The zero-order valence-electron chi connectivity index (χ0n) is 13.9. The fourth-order valence-corrected chi connectivity index (χ4v) is 3.97. The number of halogens is 1. The fraction of sp³-hybridized carbons (Fsp3) is 0.300. The van der Waals surface area contributed by atoms with Gasteiger partial charge in [-0.2, -0.15) is 0 Å². The minimum atomic E-state index is 0.0614. The van der Waals surface area contributed by atoms with E-state index in [4.69, 9.17) is 4.98 Å². The van der Waals surface area contributed by atoms with Crippen LogP contribution in [0.4, 0.5) is 0 Å². The number of aromatic nitrogens is 2. The van der Waals surface area contributed by atoms with E-state index < -0.39 is 0 Å². The van der Waals surface area contributed by atoms with Gasteiger partial charge in [-0.05, 0) is 37.1 Å². The molecule has 0 saturated heterocycles. The molecule has 1 aliphatic carbocycles. The van der Waals surface area contributed by atoms with Crippen LogP contribution >= 0.6 is 15.9 Å². The summed E-state index contributed by atoms with van der Waals surface area (Å²) < 4.78 is 3.01. The minimum absolute atomic E-state index is 0.0614. The zero-order valence-corrected chi connectivity index (χ0v) is 15.5. The summed E-state index contributed by atoms with van der Waals surface area (Å²) in [7, 11) is 0. The molecule has 1 amide bonds. The number of benzene rings is 2. The molecule has 0 unspecified atom stereocenters. The van der Waals surface area contributed by atoms with Crippen LogP contribution in [0.2, 0.25) is 0 Å². The summed E-state index contributed by atoms with van der Waals surface area (Å²) in [4.78, 5) is 17.4. The molecule has 1 N–H and O–H groups in total. The van der Waals surface area contributed by atoms with Crippen molar-refractivity contribution in [1.82, 2.24) is 14.9 Å². The molecule has 128 valence electrons. The first-order valence-corrected chi connectivity index (χ1v) is 9.50. The molecule has 0 spiro atoms. The van der Waals surface area contributed by atoms with E-state index in [1.807, 2.05) is 53.1 Å². The fourth-order valence-electron chi connectivity index (χ4n) is 3.57. The summed E-state index contributed by atoms with van der Waals surface area (Å²) in [6.45, 7) is 0.291. The second-order valence-electron chi connectivity index (χ2n) is 6.57. The third-order valence-corrected chi connectivity index (χ3v) is 5.25. The van der Waals surface area contributed by atoms with Crippen molar-refractivity contribution in [2.75, 3.05) is 0 Å². The lowest BCUT2D eigenvalue weighted by atomic mass is 10.2. The highest BCUT2D eigenvalue weighted by Gasteiger charge is 2.19. The second kappa shape index (κ2) is 7.00. The summed E-state index contributed by atoms with van der Waals surface area (Å²) in [5.41, 5.74) is 2.89. The number of hydrogen-bond acceptors (Lipinski definition) is 2. The molecule has 1 fully saturated rings. The van der Waals surface area contributed by atoms with Gasteiger partial charge in [0, 0.05) is 16.1 Å². The van der Waals surface area contributed by atoms with Crippen LogP contribution in [0.5, 0.6) is 0 Å². The first-order chi connectivity index (χ1) is 12.2. The van der Waals surface area contributed by atoms with E-state index in [0.29, 0.717) is 12.6 Å². The molecule has 0 atom stereocenters. The first kappa shape index (κ1) is 16.3. The molecule has 4 nitrogen and oxygen atoms in total. The molecule has 1 aliphatic rings. The van der Waals surface area contributed by atoms with Crippen LogP contribution in [0.25, 0.3) is 22.4 Å². The number of carbonyl (C=O) groups excluding carboxylic acids is 1. The van der Waals surface area contributed by atoms with Crippen LogP contribution in [0.15, 0.2) is 53.0 Å². The Morgan fingerprint density at radius 3 is 2.76 bits per heavy atom. The van der Waals surface area contributed by atoms with Gasteiger partial charge in [0.25, 0.3) is 0 Å². The molecule has 5 heteroatoms. The maximum absolute atomic E-state index is 12.6. The average Bonchev–Trinajstić information content (AvgIpc) is 3.23. The Labute approximate surface area is 155 Å². The molecule has 0 radical (unpaired) electrons. The molecular weight excluding hydrogens is 378 g/mol. The molecule has 25 heavy (non-hydrogen) atoms. The highest BCUT2D eigenvalue weighted by Crippen LogP contribution is 2.27. The number of rotatable bonds is 4. The SMILES string of the molecule is O=C(Cn1c(-c2cccc(Br)c2)nc2ccccc21)NC1CCCC1. The van der Waals surface area contributed by atoms with Crippen LogP contribution in [-0.2, 0) is 11.3 Å². The van der Waals surface area contributed by atoms with E-state index in [2.05, 4.69) is 21.2 Å². The van der Waals surface area contributed by atoms with Crippen molar-refractivity contribution in [3.8, 4) is 11.4 Å². The van der Waals surface area contributed by atoms with Gasteiger partial charge >= 0.3 is 0 Å². The van der Waals surface area contributed by atoms with Crippen molar-refractivity contribution in [2.24, 2.45) is 0 Å². The van der Waals surface area contributed by atoms with E-state index in [1.165, 1.54) is 12.8 Å². The minimum Gasteiger partial charge on any atom is -0.352 e. The molecular formula is C20H20BrN3O. The highest BCUT2D eigenvalue weighted by atomic mass is 79.9. The molecule has 3 aromatic rings. The van der Waals surface area contributed by atoms with Crippen molar-refractivity contribution < 1.29 is 4.79 Å². The monoisotopic (exact) mass is 397 g/mol. The van der Waals surface area contributed by atoms with Gasteiger partial charge in [-0.3, -0.25) is 4.79 Å². The lowest BCUT2D eigenvalue weighted by Crippen LogP contribution is -2.35. The number of amides is 1. The van der Waals surface area contributed by atoms with Gasteiger partial charge in [0.05, 0.1) is 11.0 Å². The molecule has 2 aromatic carbocycles. The number of imidazole rings is 1. The van der Waals surface area contributed by atoms with Crippen molar-refractivity contribution in [3.63, 3.8) is 0 Å². The van der Waals surface area contributed by atoms with Crippen molar-refractivity contribution in [1.29, 1.82) is 0 Å². The number of hydrogen-bond donors (Lipinski definition) is 1. The summed E-state index contributed by atoms with van der Waals surface area (Å²) in [6.07, 6.45) is 4.61. The van der Waals surface area contributed by atoms with Gasteiger partial charge in [0.2, 0.25) is 5.91 Å². The van der Waals surface area contributed by atoms with Gasteiger partial charge in [-0.25, -0.2) is 4.98 Å². The van der Waals surface area contributed by atoms with Crippen LogP contribution in [0, 0.1) is 0 Å². The van der Waals surface area contributed by atoms with E-state index in [0.717, 1.165) is 39.7 Å². The summed E-state index contributed by atoms with van der Waals surface area (Å²) >= 11 is 3.52. The topological polar surface area (TPSA) is 46.9 Å². The lowest BCUT2D eigenvalue weighted by molar-refractivity contribution is -0.122. The number of nitrogens with zero attached hydrogens (tertiary/aromatic N) is 2. The van der Waals surface area contributed by atoms with Crippen LogP contribution in [-0.4, -0.2) is 21.5 Å². The molecule has 1 aromatic heterocycles. The predicted molar refractivity (Wildman–Crippen MR) is 103 cm³/mol. The van der Waals surface area contributed by atoms with Gasteiger partial charge < -0.3 is 9.88 Å². The number of fused-ring (bicyclic) bond motifs is 1. The maximum Gasteiger partial charge on any atom is 0.240 e. The highest BCUT2D eigenvalue weighted by molar-refractivity contribution is 9.10. The maximum atomic E-state index is 12.6. The van der Waals surface area contributed by atoms with E-state index >= 15 is 0 Å². The van der Waals surface area contributed by atoms with Crippen molar-refractivity contribution in [3.05, 3.63) is 53.0 Å². The van der Waals surface area contributed by atoms with E-state index in [9.17, 15) is 4.79 Å². The number of para-hydroxylation sites is 2. The number of nitrogens with one attached hydrogen (secondary N) is 1. The van der Waals surface area contributed by atoms with Gasteiger partial charge in [-0.15, -0.1) is 0 Å². The third-order valence-electron chi connectivity index (χ3n) is 4.76. The molecule has 4 rings (SSSR count). The van der Waals surface area contributed by atoms with Gasteiger partial charge in [-0.1, -0.05) is 53.0 Å². The standard InChI is InChI=1S/C20H20BrN3O/c21-15-7-5-6-14(12-15)20-23-17-10-3-4-11-18(17)24(20)13-19(25)22-16-8-1-2-9-16/h3-7,10-12,16H,1-2,8-9,13H2,(H,22,25). The molecule has 1 heterocycles.